The Morgan fingerprint density at radius 3 is 3.04 bits per heavy atom. The molecule has 0 aliphatic carbocycles. The summed E-state index contributed by atoms with van der Waals surface area (Å²) in [5.74, 6) is 0.632. The summed E-state index contributed by atoms with van der Waals surface area (Å²) in [5.41, 5.74) is 2.88. The van der Waals surface area contributed by atoms with Crippen molar-refractivity contribution in [3.05, 3.63) is 52.8 Å². The highest BCUT2D eigenvalue weighted by Crippen LogP contribution is 2.26. The van der Waals surface area contributed by atoms with Crippen LogP contribution in [0.2, 0.25) is 0 Å². The van der Waals surface area contributed by atoms with E-state index in [4.69, 9.17) is 14.6 Å². The molecule has 0 aliphatic heterocycles. The van der Waals surface area contributed by atoms with Crippen molar-refractivity contribution in [3.63, 3.8) is 0 Å². The fourth-order valence-electron chi connectivity index (χ4n) is 2.49. The van der Waals surface area contributed by atoms with Crippen LogP contribution >= 0.6 is 11.3 Å². The SMILES string of the molecule is CCOc1cccc2cc(-n3cc(-c4ccsc4)nn3)c(=N)oc12. The van der Waals surface area contributed by atoms with Gasteiger partial charge in [0, 0.05) is 16.3 Å². The van der Waals surface area contributed by atoms with Crippen LogP contribution in [0.25, 0.3) is 27.9 Å². The van der Waals surface area contributed by atoms with E-state index >= 15 is 0 Å². The van der Waals surface area contributed by atoms with Crippen LogP contribution in [0.5, 0.6) is 5.75 Å². The average molecular weight is 338 g/mol. The zero-order valence-electron chi connectivity index (χ0n) is 12.9. The van der Waals surface area contributed by atoms with E-state index in [0.29, 0.717) is 23.6 Å². The minimum atomic E-state index is 0.0106. The third-order valence-electron chi connectivity index (χ3n) is 3.60. The number of fused-ring (bicyclic) bond motifs is 1. The fraction of sp³-hybridized carbons (Fsp3) is 0.118. The number of benzene rings is 1. The first kappa shape index (κ1) is 14.6. The summed E-state index contributed by atoms with van der Waals surface area (Å²) in [4.78, 5) is 0. The Labute approximate surface area is 141 Å². The van der Waals surface area contributed by atoms with Crippen molar-refractivity contribution in [1.29, 1.82) is 5.41 Å². The number of hydrogen-bond donors (Lipinski definition) is 1. The topological polar surface area (TPSA) is 76.9 Å². The summed E-state index contributed by atoms with van der Waals surface area (Å²) in [5, 5.41) is 21.3. The lowest BCUT2D eigenvalue weighted by Gasteiger charge is -2.07. The van der Waals surface area contributed by atoms with Crippen molar-refractivity contribution < 1.29 is 9.15 Å². The Balaban J connectivity index is 1.83. The van der Waals surface area contributed by atoms with Crippen molar-refractivity contribution in [1.82, 2.24) is 15.0 Å². The minimum absolute atomic E-state index is 0.0106. The first-order chi connectivity index (χ1) is 11.8. The third-order valence-corrected chi connectivity index (χ3v) is 4.28. The van der Waals surface area contributed by atoms with Crippen molar-refractivity contribution >= 4 is 22.3 Å². The van der Waals surface area contributed by atoms with E-state index in [1.54, 1.807) is 22.2 Å². The summed E-state index contributed by atoms with van der Waals surface area (Å²) in [6.07, 6.45) is 1.79. The van der Waals surface area contributed by atoms with E-state index in [0.717, 1.165) is 16.6 Å². The lowest BCUT2D eigenvalue weighted by molar-refractivity contribution is 0.336. The van der Waals surface area contributed by atoms with Crippen LogP contribution in [0.1, 0.15) is 6.92 Å². The van der Waals surface area contributed by atoms with Gasteiger partial charge in [0.2, 0.25) is 5.55 Å². The molecule has 1 N–H and O–H groups in total. The predicted molar refractivity (Wildman–Crippen MR) is 91.5 cm³/mol. The Kier molecular flexibility index (Phi) is 3.62. The second kappa shape index (κ2) is 5.93. The summed E-state index contributed by atoms with van der Waals surface area (Å²) in [6.45, 7) is 2.45. The van der Waals surface area contributed by atoms with Crippen molar-refractivity contribution in [2.75, 3.05) is 6.61 Å². The molecule has 0 unspecified atom stereocenters. The van der Waals surface area contributed by atoms with Gasteiger partial charge in [0.1, 0.15) is 11.4 Å². The van der Waals surface area contributed by atoms with Crippen LogP contribution in [-0.4, -0.2) is 21.6 Å². The van der Waals surface area contributed by atoms with Gasteiger partial charge >= 0.3 is 0 Å². The second-order valence-corrected chi connectivity index (χ2v) is 5.91. The predicted octanol–water partition coefficient (Wildman–Crippen LogP) is 3.62. The fourth-order valence-corrected chi connectivity index (χ4v) is 3.14. The van der Waals surface area contributed by atoms with E-state index in [2.05, 4.69) is 10.3 Å². The molecule has 3 aromatic heterocycles. The van der Waals surface area contributed by atoms with Gasteiger partial charge in [0.05, 0.1) is 12.8 Å². The lowest BCUT2D eigenvalue weighted by atomic mass is 10.2. The summed E-state index contributed by atoms with van der Waals surface area (Å²) in [6, 6.07) is 9.49. The molecule has 7 heteroatoms. The van der Waals surface area contributed by atoms with E-state index in [1.165, 1.54) is 0 Å². The van der Waals surface area contributed by atoms with Gasteiger partial charge in [-0.25, -0.2) is 4.68 Å². The van der Waals surface area contributed by atoms with Crippen molar-refractivity contribution in [3.8, 4) is 22.7 Å². The standard InChI is InChI=1S/C17H14N4O2S/c1-2-22-15-5-3-4-11-8-14(17(18)23-16(11)15)21-9-13(19-20-21)12-6-7-24-10-12/h3-10,18H,2H2,1H3. The molecule has 0 bridgehead atoms. The van der Waals surface area contributed by atoms with E-state index < -0.39 is 0 Å². The van der Waals surface area contributed by atoms with Crippen LogP contribution in [0.15, 0.2) is 51.7 Å². The molecule has 0 spiro atoms. The Bertz CT molecular complexity index is 1050. The maximum atomic E-state index is 8.19. The van der Waals surface area contributed by atoms with E-state index in [1.807, 2.05) is 48.0 Å². The molecule has 120 valence electrons. The Morgan fingerprint density at radius 1 is 1.33 bits per heavy atom. The number of nitrogens with one attached hydrogen (secondary N) is 1. The van der Waals surface area contributed by atoms with Gasteiger partial charge in [-0.2, -0.15) is 11.3 Å². The highest BCUT2D eigenvalue weighted by Gasteiger charge is 2.12. The zero-order chi connectivity index (χ0) is 16.5. The van der Waals surface area contributed by atoms with Gasteiger partial charge in [-0.15, -0.1) is 5.10 Å². The quantitative estimate of drug-likeness (QED) is 0.616. The van der Waals surface area contributed by atoms with Crippen LogP contribution in [0, 0.1) is 5.41 Å². The zero-order valence-corrected chi connectivity index (χ0v) is 13.7. The smallest absolute Gasteiger partial charge is 0.238 e. The van der Waals surface area contributed by atoms with Crippen LogP contribution < -0.4 is 10.3 Å². The molecule has 24 heavy (non-hydrogen) atoms. The molecule has 0 atom stereocenters. The van der Waals surface area contributed by atoms with E-state index in [-0.39, 0.29) is 5.55 Å². The third kappa shape index (κ3) is 2.48. The van der Waals surface area contributed by atoms with Crippen molar-refractivity contribution in [2.24, 2.45) is 0 Å². The maximum absolute atomic E-state index is 8.19. The molecule has 0 radical (unpaired) electrons. The molecule has 4 rings (SSSR count). The number of rotatable bonds is 4. The van der Waals surface area contributed by atoms with Crippen molar-refractivity contribution in [2.45, 2.75) is 6.92 Å². The summed E-state index contributed by atoms with van der Waals surface area (Å²) >= 11 is 1.60. The molecular weight excluding hydrogens is 324 g/mol. The van der Waals surface area contributed by atoms with Gasteiger partial charge in [-0.1, -0.05) is 17.3 Å². The summed E-state index contributed by atoms with van der Waals surface area (Å²) in [7, 11) is 0. The molecule has 0 amide bonds. The largest absolute Gasteiger partial charge is 0.490 e. The summed E-state index contributed by atoms with van der Waals surface area (Å²) < 4.78 is 12.8. The van der Waals surface area contributed by atoms with Gasteiger partial charge in [0.15, 0.2) is 11.3 Å². The Morgan fingerprint density at radius 2 is 2.25 bits per heavy atom. The molecule has 0 fully saturated rings. The van der Waals surface area contributed by atoms with Gasteiger partial charge in [-0.3, -0.25) is 5.41 Å². The molecule has 6 nitrogen and oxygen atoms in total. The van der Waals surface area contributed by atoms with Crippen LogP contribution in [-0.2, 0) is 0 Å². The minimum Gasteiger partial charge on any atom is -0.490 e. The maximum Gasteiger partial charge on any atom is 0.238 e. The molecular formula is C17H14N4O2S. The first-order valence-corrected chi connectivity index (χ1v) is 8.40. The normalized spacial score (nSPS) is 11.0. The number of ether oxygens (including phenoxy) is 1. The number of thiophene rings is 1. The molecule has 0 saturated heterocycles. The Hall–Kier alpha value is -2.93. The molecule has 0 aliphatic rings. The number of para-hydroxylation sites is 1. The van der Waals surface area contributed by atoms with E-state index in [9.17, 15) is 0 Å². The average Bonchev–Trinajstić information content (AvgIpc) is 3.26. The second-order valence-electron chi connectivity index (χ2n) is 5.13. The number of hydrogen-bond acceptors (Lipinski definition) is 6. The number of aromatic nitrogens is 3. The lowest BCUT2D eigenvalue weighted by Crippen LogP contribution is -2.11. The monoisotopic (exact) mass is 338 g/mol. The van der Waals surface area contributed by atoms with Crippen LogP contribution in [0.4, 0.5) is 0 Å². The van der Waals surface area contributed by atoms with Crippen LogP contribution in [0.3, 0.4) is 0 Å². The molecule has 3 heterocycles. The highest BCUT2D eigenvalue weighted by molar-refractivity contribution is 7.08. The van der Waals surface area contributed by atoms with Gasteiger partial charge in [0.25, 0.3) is 0 Å². The van der Waals surface area contributed by atoms with Gasteiger partial charge < -0.3 is 9.15 Å². The molecule has 4 aromatic rings. The first-order valence-electron chi connectivity index (χ1n) is 7.46. The molecule has 1 aromatic carbocycles. The molecule has 0 saturated carbocycles. The highest BCUT2D eigenvalue weighted by atomic mass is 32.1. The number of nitrogens with zero attached hydrogens (tertiary/aromatic N) is 3. The van der Waals surface area contributed by atoms with Gasteiger partial charge in [-0.05, 0) is 30.5 Å².